The first-order chi connectivity index (χ1) is 25.8. The maximum atomic E-state index is 13.7. The van der Waals surface area contributed by atoms with E-state index in [2.05, 4.69) is 27.7 Å². The summed E-state index contributed by atoms with van der Waals surface area (Å²) < 4.78 is 44.8. The first-order valence-corrected chi connectivity index (χ1v) is 19.1. The zero-order chi connectivity index (χ0) is 38.6. The number of nitrogens with zero attached hydrogens (tertiary/aromatic N) is 2. The van der Waals surface area contributed by atoms with Crippen LogP contribution in [0.15, 0.2) is 6.07 Å². The van der Waals surface area contributed by atoms with Gasteiger partial charge in [-0.1, -0.05) is 40.9 Å². The van der Waals surface area contributed by atoms with Gasteiger partial charge < -0.3 is 48.5 Å². The minimum atomic E-state index is -1.88. The third-order valence-corrected chi connectivity index (χ3v) is 11.8. The number of ether oxygens (including phenoxy) is 8. The first-order valence-electron chi connectivity index (χ1n) is 17.0. The summed E-state index contributed by atoms with van der Waals surface area (Å²) in [5, 5.41) is 16.6. The number of benzene rings is 2. The van der Waals surface area contributed by atoms with Gasteiger partial charge in [0.15, 0.2) is 29.8 Å². The molecule has 0 spiro atoms. The molecule has 7 rings (SSSR count). The Hall–Kier alpha value is -3.56. The highest BCUT2D eigenvalue weighted by Gasteiger charge is 2.59. The standard InChI is InChI=1S/C35H37Cl3N4O11S/c1-14-6-17-7-18-20(8-39)42-21-9-48-33(44)19(41-34(45)49-11-35(36,37)38)10-54-32(26(42)25(40-18)22(17)30(27(14)47-5)50-12-46-4)24-23(21)31-29(51-13-52-31)15(2)28(24)53-16(3)43/h6,18-21,25-26,32,40H,7,9-13H2,1-5H3,(H,41,45)/t18-,19?,20-,21-,25+,26?,32+/m0/s1. The van der Waals surface area contributed by atoms with Crippen LogP contribution < -0.4 is 34.3 Å². The van der Waals surface area contributed by atoms with E-state index in [0.29, 0.717) is 46.1 Å². The number of cyclic esters (lactones) is 1. The second-order valence-corrected chi connectivity index (χ2v) is 17.1. The molecule has 5 aliphatic heterocycles. The molecule has 1 amide bonds. The first kappa shape index (κ1) is 38.7. The number of methoxy groups -OCH3 is 2. The van der Waals surface area contributed by atoms with E-state index in [4.69, 9.17) is 72.7 Å². The minimum Gasteiger partial charge on any atom is -0.493 e. The predicted octanol–water partition coefficient (Wildman–Crippen LogP) is 4.63. The quantitative estimate of drug-likeness (QED) is 0.171. The average Bonchev–Trinajstić information content (AvgIpc) is 3.61. The number of thioether (sulfide) groups is 1. The summed E-state index contributed by atoms with van der Waals surface area (Å²) in [5.41, 5.74) is 4.37. The number of hydrogen-bond donors (Lipinski definition) is 2. The predicted molar refractivity (Wildman–Crippen MR) is 195 cm³/mol. The van der Waals surface area contributed by atoms with Crippen LogP contribution in [0, 0.1) is 25.2 Å². The van der Waals surface area contributed by atoms with Crippen molar-refractivity contribution in [1.82, 2.24) is 15.5 Å². The van der Waals surface area contributed by atoms with Crippen LogP contribution in [0.25, 0.3) is 0 Å². The second kappa shape index (κ2) is 15.2. The van der Waals surface area contributed by atoms with Crippen molar-refractivity contribution in [3.8, 4) is 34.8 Å². The Bertz CT molecular complexity index is 1920. The lowest BCUT2D eigenvalue weighted by molar-refractivity contribution is -0.149. The smallest absolute Gasteiger partial charge is 0.408 e. The van der Waals surface area contributed by atoms with Gasteiger partial charge in [-0.25, -0.2) is 9.59 Å². The van der Waals surface area contributed by atoms with Gasteiger partial charge in [0.05, 0.1) is 30.5 Å². The number of esters is 2. The van der Waals surface area contributed by atoms with Crippen LogP contribution >= 0.6 is 46.6 Å². The Morgan fingerprint density at radius 3 is 2.56 bits per heavy atom. The molecule has 290 valence electrons. The molecule has 2 aromatic rings. The van der Waals surface area contributed by atoms with Crippen LogP contribution in [-0.4, -0.2) is 97.7 Å². The molecule has 19 heteroatoms. The van der Waals surface area contributed by atoms with E-state index in [1.54, 1.807) is 14.0 Å². The molecule has 2 saturated heterocycles. The van der Waals surface area contributed by atoms with E-state index in [9.17, 15) is 19.6 Å². The molecule has 0 radical (unpaired) electrons. The minimum absolute atomic E-state index is 0.0434. The van der Waals surface area contributed by atoms with E-state index < -0.39 is 63.9 Å². The molecule has 7 atom stereocenters. The van der Waals surface area contributed by atoms with Crippen LogP contribution in [0.5, 0.6) is 28.7 Å². The molecule has 5 heterocycles. The van der Waals surface area contributed by atoms with Gasteiger partial charge in [-0.05, 0) is 31.4 Å². The zero-order valence-electron chi connectivity index (χ0n) is 29.8. The van der Waals surface area contributed by atoms with Crippen LogP contribution in [-0.2, 0) is 30.2 Å². The molecule has 2 N–H and O–H groups in total. The Morgan fingerprint density at radius 1 is 1.11 bits per heavy atom. The fraction of sp³-hybridized carbons (Fsp3) is 0.543. The van der Waals surface area contributed by atoms with Crippen molar-refractivity contribution >= 4 is 64.6 Å². The summed E-state index contributed by atoms with van der Waals surface area (Å²) in [7, 11) is 3.10. The number of rotatable bonds is 7. The number of amides is 1. The fourth-order valence-corrected chi connectivity index (χ4v) is 9.92. The summed E-state index contributed by atoms with van der Waals surface area (Å²) in [6.07, 6.45) is -0.520. The average molecular weight is 828 g/mol. The fourth-order valence-electron chi connectivity index (χ4n) is 8.24. The van der Waals surface area contributed by atoms with E-state index in [1.165, 1.54) is 25.8 Å². The lowest BCUT2D eigenvalue weighted by atomic mass is 9.72. The monoisotopic (exact) mass is 826 g/mol. The molecule has 2 aromatic carbocycles. The lowest BCUT2D eigenvalue weighted by Crippen LogP contribution is -2.69. The van der Waals surface area contributed by atoms with E-state index in [-0.39, 0.29) is 37.7 Å². The number of hydrogen-bond acceptors (Lipinski definition) is 15. The summed E-state index contributed by atoms with van der Waals surface area (Å²) >= 11 is 18.6. The van der Waals surface area contributed by atoms with Crippen LogP contribution in [0.3, 0.4) is 0 Å². The van der Waals surface area contributed by atoms with Gasteiger partial charge in [0.2, 0.25) is 10.6 Å². The molecule has 0 aromatic heterocycles. The van der Waals surface area contributed by atoms with Crippen molar-refractivity contribution in [1.29, 1.82) is 5.26 Å². The van der Waals surface area contributed by atoms with Gasteiger partial charge in [0, 0.05) is 54.1 Å². The number of carbonyl (C=O) groups is 3. The van der Waals surface area contributed by atoms with Crippen LogP contribution in [0.1, 0.15) is 57.6 Å². The van der Waals surface area contributed by atoms with Gasteiger partial charge in [0.25, 0.3) is 0 Å². The summed E-state index contributed by atoms with van der Waals surface area (Å²) in [6.45, 7) is 4.03. The van der Waals surface area contributed by atoms with Gasteiger partial charge in [-0.15, -0.1) is 11.8 Å². The molecule has 2 unspecified atom stereocenters. The maximum Gasteiger partial charge on any atom is 0.408 e. The van der Waals surface area contributed by atoms with Crippen molar-refractivity contribution in [2.45, 2.75) is 72.5 Å². The summed E-state index contributed by atoms with van der Waals surface area (Å²) in [5.74, 6) is 0.743. The molecule has 54 heavy (non-hydrogen) atoms. The topological polar surface area (TPSA) is 176 Å². The number of piperazine rings is 1. The molecule has 4 bridgehead atoms. The molecule has 2 fully saturated rings. The highest BCUT2D eigenvalue weighted by Crippen LogP contribution is 2.62. The number of nitriles is 1. The number of alkyl halides is 3. The highest BCUT2D eigenvalue weighted by molar-refractivity contribution is 7.99. The van der Waals surface area contributed by atoms with E-state index >= 15 is 0 Å². The van der Waals surface area contributed by atoms with Crippen LogP contribution in [0.2, 0.25) is 0 Å². The van der Waals surface area contributed by atoms with Gasteiger partial charge in [-0.3, -0.25) is 9.69 Å². The van der Waals surface area contributed by atoms with Crippen molar-refractivity contribution in [3.05, 3.63) is 39.4 Å². The Balaban J connectivity index is 1.44. The molecule has 5 aliphatic rings. The third kappa shape index (κ3) is 6.82. The van der Waals surface area contributed by atoms with Gasteiger partial charge >= 0.3 is 18.0 Å². The zero-order valence-corrected chi connectivity index (χ0v) is 32.9. The van der Waals surface area contributed by atoms with Crippen molar-refractivity contribution < 1.29 is 52.3 Å². The van der Waals surface area contributed by atoms with Crippen molar-refractivity contribution in [2.75, 3.05) is 46.8 Å². The molecular weight excluding hydrogens is 791 g/mol. The maximum absolute atomic E-state index is 13.7. The van der Waals surface area contributed by atoms with Crippen molar-refractivity contribution in [3.63, 3.8) is 0 Å². The number of alkyl carbamates (subject to hydrolysis) is 1. The Kier molecular flexibility index (Phi) is 10.9. The number of aryl methyl sites for hydroxylation is 1. The largest absolute Gasteiger partial charge is 0.493 e. The molecule has 15 nitrogen and oxygen atoms in total. The summed E-state index contributed by atoms with van der Waals surface area (Å²) in [6, 6.07) is 0.413. The summed E-state index contributed by atoms with van der Waals surface area (Å²) in [4.78, 5) is 41.4. The van der Waals surface area contributed by atoms with Crippen LogP contribution in [0.4, 0.5) is 4.79 Å². The van der Waals surface area contributed by atoms with Gasteiger partial charge in [0.1, 0.15) is 31.0 Å². The number of carbonyl (C=O) groups excluding carboxylic acids is 3. The number of nitrogens with one attached hydrogen (secondary N) is 2. The molecule has 0 saturated carbocycles. The lowest BCUT2D eigenvalue weighted by Gasteiger charge is -2.59. The van der Waals surface area contributed by atoms with Crippen molar-refractivity contribution in [2.24, 2.45) is 0 Å². The van der Waals surface area contributed by atoms with Gasteiger partial charge in [-0.2, -0.15) is 5.26 Å². The number of halogens is 3. The Morgan fingerprint density at radius 2 is 1.87 bits per heavy atom. The molecule has 0 aliphatic carbocycles. The van der Waals surface area contributed by atoms with E-state index in [0.717, 1.165) is 16.7 Å². The highest BCUT2D eigenvalue weighted by atomic mass is 35.6. The van der Waals surface area contributed by atoms with E-state index in [1.807, 2.05) is 6.92 Å². The normalized spacial score (nSPS) is 26.6. The number of fused-ring (bicyclic) bond motifs is 9. The Labute approximate surface area is 330 Å². The SMILES string of the molecule is COCOc1c(OC)c(C)cc2c1[C@H]1N[C@@H](C2)[C@H](C#N)N2C1[C@@H]1SCC(NC(=O)OCC(Cl)(Cl)Cl)C(=O)OC[C@H]2c2c3c(c(C)c(OC(C)=O)c21)OCO3. The molecular formula is C35H37Cl3N4O11S. The second-order valence-electron chi connectivity index (χ2n) is 13.4. The third-order valence-electron chi connectivity index (χ3n) is 10.1.